The first-order chi connectivity index (χ1) is 9.92. The Bertz CT molecular complexity index is 975. The lowest BCUT2D eigenvalue weighted by Gasteiger charge is -2.17. The Kier molecular flexibility index (Phi) is 1.91. The highest BCUT2D eigenvalue weighted by molar-refractivity contribution is 6.21. The van der Waals surface area contributed by atoms with Crippen LogP contribution in [-0.4, -0.2) is 4.98 Å². The standard InChI is InChI=1S/C19H15N/c1-2-10-16-14(8-1)19-15-9-4-6-12-5-3-7-13(18(12)15)11-17(19)20-16/h1-2,4,6,8-11,20H,3,5,7H2. The van der Waals surface area contributed by atoms with Gasteiger partial charge < -0.3 is 4.98 Å². The first-order valence-electron chi connectivity index (χ1n) is 7.36. The van der Waals surface area contributed by atoms with Gasteiger partial charge >= 0.3 is 0 Å². The quantitative estimate of drug-likeness (QED) is 0.458. The van der Waals surface area contributed by atoms with E-state index in [9.17, 15) is 0 Å². The van der Waals surface area contributed by atoms with Gasteiger partial charge in [0, 0.05) is 21.8 Å². The third-order valence-electron chi connectivity index (χ3n) is 4.69. The fourth-order valence-electron chi connectivity index (χ4n) is 3.87. The maximum absolute atomic E-state index is 3.59. The van der Waals surface area contributed by atoms with Gasteiger partial charge in [-0.05, 0) is 53.3 Å². The molecule has 96 valence electrons. The molecular weight excluding hydrogens is 242 g/mol. The van der Waals surface area contributed by atoms with Gasteiger partial charge in [-0.25, -0.2) is 0 Å². The zero-order valence-electron chi connectivity index (χ0n) is 11.2. The van der Waals surface area contributed by atoms with Crippen LogP contribution in [0.2, 0.25) is 0 Å². The second-order valence-corrected chi connectivity index (χ2v) is 5.82. The van der Waals surface area contributed by atoms with E-state index < -0.39 is 0 Å². The van der Waals surface area contributed by atoms with Crippen molar-refractivity contribution < 1.29 is 0 Å². The molecule has 1 heteroatoms. The Morgan fingerprint density at radius 2 is 1.55 bits per heavy atom. The van der Waals surface area contributed by atoms with Crippen molar-refractivity contribution in [3.05, 3.63) is 59.7 Å². The molecule has 1 N–H and O–H groups in total. The van der Waals surface area contributed by atoms with Crippen molar-refractivity contribution in [1.82, 2.24) is 4.98 Å². The van der Waals surface area contributed by atoms with Crippen molar-refractivity contribution in [2.75, 3.05) is 0 Å². The Morgan fingerprint density at radius 1 is 0.700 bits per heavy atom. The molecule has 0 amide bonds. The minimum atomic E-state index is 1.21. The molecule has 0 aliphatic heterocycles. The van der Waals surface area contributed by atoms with E-state index in [2.05, 4.69) is 53.5 Å². The summed E-state index contributed by atoms with van der Waals surface area (Å²) in [7, 11) is 0. The number of rotatable bonds is 0. The molecule has 3 aromatic carbocycles. The molecule has 0 fully saturated rings. The summed E-state index contributed by atoms with van der Waals surface area (Å²) in [4.78, 5) is 3.59. The van der Waals surface area contributed by atoms with Crippen LogP contribution in [0.15, 0.2) is 48.5 Å². The molecule has 1 heterocycles. The zero-order valence-corrected chi connectivity index (χ0v) is 11.2. The van der Waals surface area contributed by atoms with Crippen LogP contribution in [0.25, 0.3) is 32.6 Å². The smallest absolute Gasteiger partial charge is 0.0474 e. The molecule has 1 aliphatic rings. The van der Waals surface area contributed by atoms with Gasteiger partial charge in [-0.15, -0.1) is 0 Å². The summed E-state index contributed by atoms with van der Waals surface area (Å²) in [6, 6.07) is 17.8. The van der Waals surface area contributed by atoms with Crippen molar-refractivity contribution in [2.45, 2.75) is 19.3 Å². The van der Waals surface area contributed by atoms with Gasteiger partial charge in [0.15, 0.2) is 0 Å². The summed E-state index contributed by atoms with van der Waals surface area (Å²) < 4.78 is 0. The number of fused-ring (bicyclic) bond motifs is 4. The summed E-state index contributed by atoms with van der Waals surface area (Å²) in [6.45, 7) is 0. The molecule has 1 nitrogen and oxygen atoms in total. The van der Waals surface area contributed by atoms with E-state index in [0.717, 1.165) is 0 Å². The van der Waals surface area contributed by atoms with E-state index in [-0.39, 0.29) is 0 Å². The monoisotopic (exact) mass is 257 g/mol. The van der Waals surface area contributed by atoms with Crippen molar-refractivity contribution >= 4 is 32.6 Å². The third-order valence-corrected chi connectivity index (χ3v) is 4.69. The number of aryl methyl sites for hydroxylation is 2. The number of hydrogen-bond donors (Lipinski definition) is 1. The lowest BCUT2D eigenvalue weighted by molar-refractivity contribution is 0.809. The van der Waals surface area contributed by atoms with Crippen molar-refractivity contribution in [2.24, 2.45) is 0 Å². The molecule has 5 rings (SSSR count). The van der Waals surface area contributed by atoms with Crippen molar-refractivity contribution in [3.8, 4) is 0 Å². The number of H-pyrrole nitrogens is 1. The normalized spacial score (nSPS) is 14.4. The predicted molar refractivity (Wildman–Crippen MR) is 85.3 cm³/mol. The Hall–Kier alpha value is -2.28. The van der Waals surface area contributed by atoms with Gasteiger partial charge in [0.1, 0.15) is 0 Å². The summed E-state index contributed by atoms with van der Waals surface area (Å²) in [6.07, 6.45) is 3.70. The number of nitrogens with one attached hydrogen (secondary N) is 1. The highest BCUT2D eigenvalue weighted by Gasteiger charge is 2.16. The Labute approximate surface area is 117 Å². The van der Waals surface area contributed by atoms with Gasteiger partial charge in [-0.3, -0.25) is 0 Å². The molecule has 0 radical (unpaired) electrons. The van der Waals surface area contributed by atoms with Gasteiger partial charge in [0.25, 0.3) is 0 Å². The van der Waals surface area contributed by atoms with Crippen LogP contribution in [-0.2, 0) is 12.8 Å². The van der Waals surface area contributed by atoms with Crippen LogP contribution in [0.4, 0.5) is 0 Å². The predicted octanol–water partition coefficient (Wildman–Crippen LogP) is 4.96. The second kappa shape index (κ2) is 3.63. The Balaban J connectivity index is 2.12. The van der Waals surface area contributed by atoms with E-state index in [1.165, 1.54) is 63.0 Å². The topological polar surface area (TPSA) is 15.8 Å². The molecule has 4 aromatic rings. The van der Waals surface area contributed by atoms with Crippen LogP contribution in [0, 0.1) is 0 Å². The second-order valence-electron chi connectivity index (χ2n) is 5.82. The minimum Gasteiger partial charge on any atom is -0.354 e. The largest absolute Gasteiger partial charge is 0.354 e. The van der Waals surface area contributed by atoms with Crippen molar-refractivity contribution in [3.63, 3.8) is 0 Å². The summed E-state index contributed by atoms with van der Waals surface area (Å²) in [5.74, 6) is 0. The minimum absolute atomic E-state index is 1.21. The first-order valence-corrected chi connectivity index (χ1v) is 7.36. The molecule has 0 saturated heterocycles. The highest BCUT2D eigenvalue weighted by Crippen LogP contribution is 2.38. The van der Waals surface area contributed by atoms with Crippen LogP contribution < -0.4 is 0 Å². The molecule has 0 atom stereocenters. The molecule has 1 aliphatic carbocycles. The molecule has 20 heavy (non-hydrogen) atoms. The molecule has 0 saturated carbocycles. The molecular formula is C19H15N. The number of para-hydroxylation sites is 1. The van der Waals surface area contributed by atoms with Gasteiger partial charge in [0.05, 0.1) is 0 Å². The molecule has 0 unspecified atom stereocenters. The van der Waals surface area contributed by atoms with Crippen LogP contribution >= 0.6 is 0 Å². The maximum Gasteiger partial charge on any atom is 0.0474 e. The fourth-order valence-corrected chi connectivity index (χ4v) is 3.87. The van der Waals surface area contributed by atoms with Gasteiger partial charge in [-0.1, -0.05) is 36.4 Å². The summed E-state index contributed by atoms with van der Waals surface area (Å²) in [5.41, 5.74) is 5.56. The fraction of sp³-hybridized carbons (Fsp3) is 0.158. The maximum atomic E-state index is 3.59. The van der Waals surface area contributed by atoms with Crippen molar-refractivity contribution in [1.29, 1.82) is 0 Å². The highest BCUT2D eigenvalue weighted by atomic mass is 14.7. The van der Waals surface area contributed by atoms with E-state index in [0.29, 0.717) is 0 Å². The first kappa shape index (κ1) is 10.5. The van der Waals surface area contributed by atoms with Gasteiger partial charge in [-0.2, -0.15) is 0 Å². The average molecular weight is 257 g/mol. The number of hydrogen-bond acceptors (Lipinski definition) is 0. The van der Waals surface area contributed by atoms with Crippen LogP contribution in [0.3, 0.4) is 0 Å². The van der Waals surface area contributed by atoms with Crippen LogP contribution in [0.5, 0.6) is 0 Å². The number of aromatic nitrogens is 1. The van der Waals surface area contributed by atoms with E-state index in [1.54, 1.807) is 0 Å². The van der Waals surface area contributed by atoms with Gasteiger partial charge in [0.2, 0.25) is 0 Å². The Morgan fingerprint density at radius 3 is 2.55 bits per heavy atom. The number of benzene rings is 3. The molecule has 0 spiro atoms. The summed E-state index contributed by atoms with van der Waals surface area (Å²) >= 11 is 0. The number of aromatic amines is 1. The lowest BCUT2D eigenvalue weighted by atomic mass is 9.87. The average Bonchev–Trinajstić information content (AvgIpc) is 2.86. The lowest BCUT2D eigenvalue weighted by Crippen LogP contribution is -2.01. The van der Waals surface area contributed by atoms with Crippen LogP contribution in [0.1, 0.15) is 17.5 Å². The SMILES string of the molecule is c1ccc2c(c1)[nH]c1cc3c4c(cccc4c12)CCC3. The summed E-state index contributed by atoms with van der Waals surface area (Å²) in [5, 5.41) is 5.67. The molecule has 0 bridgehead atoms. The van der Waals surface area contributed by atoms with E-state index in [1.807, 2.05) is 0 Å². The molecule has 1 aromatic heterocycles. The third kappa shape index (κ3) is 1.23. The van der Waals surface area contributed by atoms with E-state index >= 15 is 0 Å². The zero-order chi connectivity index (χ0) is 13.1. The van der Waals surface area contributed by atoms with E-state index in [4.69, 9.17) is 0 Å².